The van der Waals surface area contributed by atoms with Gasteiger partial charge in [0.15, 0.2) is 0 Å². The number of carboxylic acid groups (broad SMARTS) is 1. The van der Waals surface area contributed by atoms with E-state index in [1.807, 2.05) is 0 Å². The molecule has 0 bridgehead atoms. The maximum Gasteiger partial charge on any atom is 0.337 e. The van der Waals surface area contributed by atoms with Crippen molar-refractivity contribution in [3.05, 3.63) is 33.2 Å². The van der Waals surface area contributed by atoms with Crippen LogP contribution in [0.1, 0.15) is 21.6 Å². The smallest absolute Gasteiger partial charge is 0.337 e. The van der Waals surface area contributed by atoms with Crippen LogP contribution in [-0.2, 0) is 0 Å². The number of aromatic carboxylic acids is 1. The van der Waals surface area contributed by atoms with E-state index in [0.29, 0.717) is 11.3 Å². The van der Waals surface area contributed by atoms with Crippen molar-refractivity contribution in [2.75, 3.05) is 0 Å². The molecule has 0 saturated heterocycles. The van der Waals surface area contributed by atoms with E-state index in [1.54, 1.807) is 13.8 Å². The SMILES string of the molecule is Cc1[nH]c(=O)c(C)cc1C(=O)O. The van der Waals surface area contributed by atoms with Gasteiger partial charge in [-0.2, -0.15) is 0 Å². The lowest BCUT2D eigenvalue weighted by Crippen LogP contribution is -2.14. The molecule has 0 amide bonds. The zero-order valence-corrected chi connectivity index (χ0v) is 6.84. The molecule has 12 heavy (non-hydrogen) atoms. The van der Waals surface area contributed by atoms with Gasteiger partial charge in [-0.15, -0.1) is 0 Å². The molecule has 0 aromatic carbocycles. The number of carboxylic acids is 1. The molecule has 4 nitrogen and oxygen atoms in total. The van der Waals surface area contributed by atoms with Gasteiger partial charge in [-0.1, -0.05) is 0 Å². The van der Waals surface area contributed by atoms with Gasteiger partial charge in [0.2, 0.25) is 0 Å². The lowest BCUT2D eigenvalue weighted by Gasteiger charge is -2.00. The van der Waals surface area contributed by atoms with E-state index < -0.39 is 5.97 Å². The standard InChI is InChI=1S/C8H9NO3/c1-4-3-6(8(11)12)5(2)9-7(4)10/h3H,1-2H3,(H,9,10)(H,11,12). The molecule has 64 valence electrons. The fraction of sp³-hybridized carbons (Fsp3) is 0.250. The summed E-state index contributed by atoms with van der Waals surface area (Å²) in [7, 11) is 0. The second-order valence-corrected chi connectivity index (χ2v) is 2.63. The van der Waals surface area contributed by atoms with E-state index in [9.17, 15) is 9.59 Å². The largest absolute Gasteiger partial charge is 0.478 e. The summed E-state index contributed by atoms with van der Waals surface area (Å²) < 4.78 is 0. The molecule has 0 aliphatic rings. The number of hydrogen-bond acceptors (Lipinski definition) is 2. The van der Waals surface area contributed by atoms with Crippen LogP contribution in [-0.4, -0.2) is 16.1 Å². The van der Waals surface area contributed by atoms with Crippen LogP contribution in [0.4, 0.5) is 0 Å². The first-order chi connectivity index (χ1) is 5.52. The summed E-state index contributed by atoms with van der Waals surface area (Å²) in [4.78, 5) is 24.0. The third-order valence-electron chi connectivity index (χ3n) is 1.65. The van der Waals surface area contributed by atoms with Gasteiger partial charge in [0.25, 0.3) is 5.56 Å². The topological polar surface area (TPSA) is 70.2 Å². The Morgan fingerprint density at radius 2 is 2.08 bits per heavy atom. The van der Waals surface area contributed by atoms with Crippen LogP contribution in [0.3, 0.4) is 0 Å². The Balaban J connectivity index is 3.43. The molecule has 1 rings (SSSR count). The van der Waals surface area contributed by atoms with Crippen molar-refractivity contribution in [3.8, 4) is 0 Å². The van der Waals surface area contributed by atoms with Crippen LogP contribution in [0.15, 0.2) is 10.9 Å². The van der Waals surface area contributed by atoms with Crippen molar-refractivity contribution in [2.24, 2.45) is 0 Å². The molecule has 1 heterocycles. The number of aryl methyl sites for hydroxylation is 2. The average molecular weight is 167 g/mol. The summed E-state index contributed by atoms with van der Waals surface area (Å²) in [5.74, 6) is -1.02. The van der Waals surface area contributed by atoms with Gasteiger partial charge in [-0.3, -0.25) is 4.79 Å². The quantitative estimate of drug-likeness (QED) is 0.646. The number of carbonyl (C=O) groups is 1. The second kappa shape index (κ2) is 2.81. The molecule has 4 heteroatoms. The summed E-state index contributed by atoms with van der Waals surface area (Å²) in [5.41, 5.74) is 0.709. The minimum Gasteiger partial charge on any atom is -0.478 e. The Labute approximate surface area is 68.9 Å². The minimum atomic E-state index is -1.02. The summed E-state index contributed by atoms with van der Waals surface area (Å²) >= 11 is 0. The fourth-order valence-electron chi connectivity index (χ4n) is 0.949. The maximum atomic E-state index is 11.0. The molecule has 0 radical (unpaired) electrons. The zero-order chi connectivity index (χ0) is 9.30. The van der Waals surface area contributed by atoms with Crippen LogP contribution < -0.4 is 5.56 Å². The van der Waals surface area contributed by atoms with Crippen LogP contribution in [0.2, 0.25) is 0 Å². The highest BCUT2D eigenvalue weighted by Crippen LogP contribution is 2.03. The Morgan fingerprint density at radius 3 is 2.58 bits per heavy atom. The van der Waals surface area contributed by atoms with Crippen molar-refractivity contribution in [1.29, 1.82) is 0 Å². The molecule has 1 aromatic rings. The molecule has 0 atom stereocenters. The number of hydrogen-bond donors (Lipinski definition) is 2. The Kier molecular flexibility index (Phi) is 1.99. The van der Waals surface area contributed by atoms with E-state index in [4.69, 9.17) is 5.11 Å². The van der Waals surface area contributed by atoms with Crippen molar-refractivity contribution >= 4 is 5.97 Å². The summed E-state index contributed by atoms with van der Waals surface area (Å²) in [6, 6.07) is 1.37. The Morgan fingerprint density at radius 1 is 1.50 bits per heavy atom. The lowest BCUT2D eigenvalue weighted by atomic mass is 10.1. The summed E-state index contributed by atoms with van der Waals surface area (Å²) in [6.45, 7) is 3.13. The van der Waals surface area contributed by atoms with Crippen molar-refractivity contribution in [2.45, 2.75) is 13.8 Å². The van der Waals surface area contributed by atoms with E-state index in [2.05, 4.69) is 4.98 Å². The predicted octanol–water partition coefficient (Wildman–Crippen LogP) is 0.690. The molecule has 1 aromatic heterocycles. The zero-order valence-electron chi connectivity index (χ0n) is 6.84. The molecule has 0 aliphatic heterocycles. The van der Waals surface area contributed by atoms with Crippen LogP contribution in [0, 0.1) is 13.8 Å². The third-order valence-corrected chi connectivity index (χ3v) is 1.65. The molecule has 2 N–H and O–H groups in total. The Hall–Kier alpha value is -1.58. The van der Waals surface area contributed by atoms with Gasteiger partial charge in [-0.25, -0.2) is 4.79 Å². The third kappa shape index (κ3) is 1.37. The van der Waals surface area contributed by atoms with E-state index in [0.717, 1.165) is 0 Å². The first-order valence-electron chi connectivity index (χ1n) is 3.46. The number of aromatic amines is 1. The van der Waals surface area contributed by atoms with Gasteiger partial charge < -0.3 is 10.1 Å². The van der Waals surface area contributed by atoms with Crippen LogP contribution in [0.25, 0.3) is 0 Å². The van der Waals surface area contributed by atoms with Crippen LogP contribution >= 0.6 is 0 Å². The van der Waals surface area contributed by atoms with Crippen molar-refractivity contribution in [3.63, 3.8) is 0 Å². The first-order valence-corrected chi connectivity index (χ1v) is 3.46. The van der Waals surface area contributed by atoms with Gasteiger partial charge in [0, 0.05) is 11.3 Å². The lowest BCUT2D eigenvalue weighted by molar-refractivity contribution is 0.0695. The number of rotatable bonds is 1. The number of nitrogens with one attached hydrogen (secondary N) is 1. The maximum absolute atomic E-state index is 11.0. The van der Waals surface area contributed by atoms with Gasteiger partial charge in [0.1, 0.15) is 0 Å². The monoisotopic (exact) mass is 167 g/mol. The molecular weight excluding hydrogens is 158 g/mol. The molecule has 0 saturated carbocycles. The number of aromatic nitrogens is 1. The highest BCUT2D eigenvalue weighted by atomic mass is 16.4. The van der Waals surface area contributed by atoms with E-state index in [-0.39, 0.29) is 11.1 Å². The fourth-order valence-corrected chi connectivity index (χ4v) is 0.949. The number of pyridine rings is 1. The van der Waals surface area contributed by atoms with Crippen molar-refractivity contribution in [1.82, 2.24) is 4.98 Å². The van der Waals surface area contributed by atoms with Crippen molar-refractivity contribution < 1.29 is 9.90 Å². The van der Waals surface area contributed by atoms with E-state index >= 15 is 0 Å². The Bertz CT molecular complexity index is 378. The minimum absolute atomic E-state index is 0.145. The summed E-state index contributed by atoms with van der Waals surface area (Å²) in [6.07, 6.45) is 0. The number of H-pyrrole nitrogens is 1. The van der Waals surface area contributed by atoms with Gasteiger partial charge in [-0.05, 0) is 19.9 Å². The second-order valence-electron chi connectivity index (χ2n) is 2.63. The average Bonchev–Trinajstić information content (AvgIpc) is 1.96. The van der Waals surface area contributed by atoms with Gasteiger partial charge >= 0.3 is 5.97 Å². The predicted molar refractivity (Wildman–Crippen MR) is 43.5 cm³/mol. The molecule has 0 fully saturated rings. The summed E-state index contributed by atoms with van der Waals surface area (Å²) in [5, 5.41) is 8.66. The van der Waals surface area contributed by atoms with Gasteiger partial charge in [0.05, 0.1) is 5.56 Å². The molecule has 0 spiro atoms. The highest BCUT2D eigenvalue weighted by molar-refractivity contribution is 5.88. The highest BCUT2D eigenvalue weighted by Gasteiger charge is 2.08. The first kappa shape index (κ1) is 8.52. The molecule has 0 aliphatic carbocycles. The van der Waals surface area contributed by atoms with Crippen LogP contribution in [0.5, 0.6) is 0 Å². The van der Waals surface area contributed by atoms with E-state index in [1.165, 1.54) is 6.07 Å². The molecular formula is C8H9NO3. The normalized spacial score (nSPS) is 9.83. The molecule has 0 unspecified atom stereocenters.